The Morgan fingerprint density at radius 1 is 1.07 bits per heavy atom. The van der Waals surface area contributed by atoms with Crippen LogP contribution in [0.25, 0.3) is 11.3 Å². The highest BCUT2D eigenvalue weighted by Gasteiger charge is 2.18. The monoisotopic (exact) mass is 375 g/mol. The standard InChI is InChI=1S/C21H21N5O2/c27-26(28)18-8-9-19(24-21(18)17-6-2-1-3-7-17)23-15-16-10-11-22-20(14-16)25-12-4-5-13-25/h1-3,6-11,14H,4-5,12-13,15H2,(H,23,24). The smallest absolute Gasteiger partial charge is 0.295 e. The molecule has 28 heavy (non-hydrogen) atoms. The van der Waals surface area contributed by atoms with Crippen molar-refractivity contribution >= 4 is 17.3 Å². The molecule has 0 atom stereocenters. The molecule has 4 rings (SSSR count). The topological polar surface area (TPSA) is 84.2 Å². The molecule has 3 heterocycles. The van der Waals surface area contributed by atoms with Gasteiger partial charge in [-0.15, -0.1) is 0 Å². The Labute approximate surface area is 163 Å². The van der Waals surface area contributed by atoms with Crippen molar-refractivity contribution in [3.05, 3.63) is 76.5 Å². The average Bonchev–Trinajstić information content (AvgIpc) is 3.28. The summed E-state index contributed by atoms with van der Waals surface area (Å²) in [7, 11) is 0. The fourth-order valence-corrected chi connectivity index (χ4v) is 3.39. The lowest BCUT2D eigenvalue weighted by Crippen LogP contribution is -2.19. The van der Waals surface area contributed by atoms with Crippen molar-refractivity contribution in [1.29, 1.82) is 0 Å². The lowest BCUT2D eigenvalue weighted by molar-refractivity contribution is -0.384. The van der Waals surface area contributed by atoms with Crippen LogP contribution >= 0.6 is 0 Å². The van der Waals surface area contributed by atoms with Gasteiger partial charge in [-0.3, -0.25) is 10.1 Å². The van der Waals surface area contributed by atoms with E-state index in [9.17, 15) is 10.1 Å². The molecule has 1 aliphatic rings. The molecule has 0 aliphatic carbocycles. The first kappa shape index (κ1) is 17.9. The number of hydrogen-bond acceptors (Lipinski definition) is 6. The average molecular weight is 375 g/mol. The molecular formula is C21H21N5O2. The molecule has 0 radical (unpaired) electrons. The van der Waals surface area contributed by atoms with Crippen LogP contribution < -0.4 is 10.2 Å². The predicted octanol–water partition coefficient (Wildman–Crippen LogP) is 4.26. The Morgan fingerprint density at radius 2 is 1.86 bits per heavy atom. The molecule has 2 aromatic heterocycles. The van der Waals surface area contributed by atoms with Crippen LogP contribution in [0, 0.1) is 10.1 Å². The fraction of sp³-hybridized carbons (Fsp3) is 0.238. The Hall–Kier alpha value is -3.48. The SMILES string of the molecule is O=[N+]([O-])c1ccc(NCc2ccnc(N3CCCC3)c2)nc1-c1ccccc1. The zero-order chi connectivity index (χ0) is 19.3. The van der Waals surface area contributed by atoms with Crippen LogP contribution in [-0.2, 0) is 6.54 Å². The lowest BCUT2D eigenvalue weighted by Gasteiger charge is -2.17. The lowest BCUT2D eigenvalue weighted by atomic mass is 10.1. The van der Waals surface area contributed by atoms with E-state index in [1.165, 1.54) is 18.9 Å². The molecule has 0 unspecified atom stereocenters. The third-order valence-corrected chi connectivity index (χ3v) is 4.83. The van der Waals surface area contributed by atoms with Gasteiger partial charge in [-0.05, 0) is 36.6 Å². The van der Waals surface area contributed by atoms with Gasteiger partial charge in [-0.2, -0.15) is 0 Å². The second-order valence-electron chi connectivity index (χ2n) is 6.76. The molecule has 0 amide bonds. The summed E-state index contributed by atoms with van der Waals surface area (Å²) < 4.78 is 0. The van der Waals surface area contributed by atoms with Gasteiger partial charge in [0.05, 0.1) is 4.92 Å². The maximum Gasteiger partial charge on any atom is 0.295 e. The van der Waals surface area contributed by atoms with Gasteiger partial charge >= 0.3 is 0 Å². The second-order valence-corrected chi connectivity index (χ2v) is 6.76. The zero-order valence-electron chi connectivity index (χ0n) is 15.4. The van der Waals surface area contributed by atoms with Crippen molar-refractivity contribution in [2.75, 3.05) is 23.3 Å². The summed E-state index contributed by atoms with van der Waals surface area (Å²) in [6.07, 6.45) is 4.24. The maximum atomic E-state index is 11.4. The zero-order valence-corrected chi connectivity index (χ0v) is 15.4. The van der Waals surface area contributed by atoms with Gasteiger partial charge in [0.25, 0.3) is 5.69 Å². The minimum Gasteiger partial charge on any atom is -0.366 e. The highest BCUT2D eigenvalue weighted by atomic mass is 16.6. The summed E-state index contributed by atoms with van der Waals surface area (Å²) in [4.78, 5) is 22.2. The van der Waals surface area contributed by atoms with Gasteiger partial charge in [0, 0.05) is 37.5 Å². The number of nitrogens with zero attached hydrogens (tertiary/aromatic N) is 4. The maximum absolute atomic E-state index is 11.4. The quantitative estimate of drug-likeness (QED) is 0.512. The summed E-state index contributed by atoms with van der Waals surface area (Å²) in [5.74, 6) is 1.60. The van der Waals surface area contributed by atoms with Crippen LogP contribution in [0.1, 0.15) is 18.4 Å². The van der Waals surface area contributed by atoms with Gasteiger partial charge in [0.15, 0.2) is 5.69 Å². The highest BCUT2D eigenvalue weighted by Crippen LogP contribution is 2.29. The minimum atomic E-state index is -0.399. The van der Waals surface area contributed by atoms with Crippen LogP contribution in [0.2, 0.25) is 0 Å². The normalized spacial score (nSPS) is 13.5. The van der Waals surface area contributed by atoms with Gasteiger partial charge in [0.1, 0.15) is 11.6 Å². The molecule has 3 aromatic rings. The number of hydrogen-bond donors (Lipinski definition) is 1. The first-order chi connectivity index (χ1) is 13.7. The van der Waals surface area contributed by atoms with Crippen LogP contribution in [-0.4, -0.2) is 28.0 Å². The van der Waals surface area contributed by atoms with Crippen LogP contribution in [0.4, 0.5) is 17.3 Å². The van der Waals surface area contributed by atoms with Gasteiger partial charge < -0.3 is 10.2 Å². The van der Waals surface area contributed by atoms with E-state index in [0.717, 1.165) is 30.0 Å². The third kappa shape index (κ3) is 3.93. The Morgan fingerprint density at radius 3 is 2.61 bits per heavy atom. The summed E-state index contributed by atoms with van der Waals surface area (Å²) >= 11 is 0. The Bertz CT molecular complexity index is 972. The predicted molar refractivity (Wildman–Crippen MR) is 109 cm³/mol. The first-order valence-corrected chi connectivity index (χ1v) is 9.35. The number of nitrogens with one attached hydrogen (secondary N) is 1. The molecule has 1 aromatic carbocycles. The number of anilines is 2. The van der Waals surface area contributed by atoms with Crippen LogP contribution in [0.3, 0.4) is 0 Å². The molecule has 7 nitrogen and oxygen atoms in total. The van der Waals surface area contributed by atoms with E-state index in [0.29, 0.717) is 18.1 Å². The Balaban J connectivity index is 1.54. The first-order valence-electron chi connectivity index (χ1n) is 9.35. The van der Waals surface area contributed by atoms with Crippen molar-refractivity contribution in [1.82, 2.24) is 9.97 Å². The van der Waals surface area contributed by atoms with Crippen LogP contribution in [0.5, 0.6) is 0 Å². The van der Waals surface area contributed by atoms with Crippen LogP contribution in [0.15, 0.2) is 60.8 Å². The van der Waals surface area contributed by atoms with E-state index in [1.807, 2.05) is 42.6 Å². The fourth-order valence-electron chi connectivity index (χ4n) is 3.39. The number of aromatic nitrogens is 2. The van der Waals surface area contributed by atoms with E-state index >= 15 is 0 Å². The van der Waals surface area contributed by atoms with Gasteiger partial charge in [-0.1, -0.05) is 30.3 Å². The van der Waals surface area contributed by atoms with E-state index in [4.69, 9.17) is 0 Å². The van der Waals surface area contributed by atoms with Crippen molar-refractivity contribution in [3.63, 3.8) is 0 Å². The van der Waals surface area contributed by atoms with Crippen molar-refractivity contribution in [3.8, 4) is 11.3 Å². The molecule has 142 valence electrons. The van der Waals surface area contributed by atoms with Crippen molar-refractivity contribution in [2.45, 2.75) is 19.4 Å². The van der Waals surface area contributed by atoms with Gasteiger partial charge in [-0.25, -0.2) is 9.97 Å². The molecule has 1 saturated heterocycles. The highest BCUT2D eigenvalue weighted by molar-refractivity contribution is 5.71. The molecular weight excluding hydrogens is 354 g/mol. The molecule has 0 saturated carbocycles. The van der Waals surface area contributed by atoms with Crippen molar-refractivity contribution < 1.29 is 4.92 Å². The largest absolute Gasteiger partial charge is 0.366 e. The molecule has 0 bridgehead atoms. The molecule has 0 spiro atoms. The van der Waals surface area contributed by atoms with E-state index in [2.05, 4.69) is 26.3 Å². The number of pyridine rings is 2. The number of nitro groups is 1. The van der Waals surface area contributed by atoms with Crippen molar-refractivity contribution in [2.24, 2.45) is 0 Å². The third-order valence-electron chi connectivity index (χ3n) is 4.83. The van der Waals surface area contributed by atoms with E-state index in [-0.39, 0.29) is 5.69 Å². The Kier molecular flexibility index (Phi) is 5.14. The summed E-state index contributed by atoms with van der Waals surface area (Å²) in [5.41, 5.74) is 2.18. The minimum absolute atomic E-state index is 0.00280. The molecule has 7 heteroatoms. The van der Waals surface area contributed by atoms with E-state index in [1.54, 1.807) is 6.07 Å². The van der Waals surface area contributed by atoms with E-state index < -0.39 is 4.92 Å². The number of rotatable bonds is 6. The summed E-state index contributed by atoms with van der Waals surface area (Å²) in [6.45, 7) is 2.67. The van der Waals surface area contributed by atoms with Gasteiger partial charge in [0.2, 0.25) is 0 Å². The molecule has 1 fully saturated rings. The second kappa shape index (κ2) is 8.04. The molecule has 1 aliphatic heterocycles. The summed E-state index contributed by atoms with van der Waals surface area (Å²) in [6, 6.07) is 16.4. The summed E-state index contributed by atoms with van der Waals surface area (Å²) in [5, 5.41) is 14.7. The molecule has 1 N–H and O–H groups in total. The number of benzene rings is 1.